The van der Waals surface area contributed by atoms with Crippen LogP contribution in [0.2, 0.25) is 0 Å². The van der Waals surface area contributed by atoms with Crippen LogP contribution in [0.25, 0.3) is 0 Å². The number of halogens is 3. The number of nitrogens with zero attached hydrogens (tertiary/aromatic N) is 2. The van der Waals surface area contributed by atoms with Crippen molar-refractivity contribution >= 4 is 5.91 Å². The normalized spacial score (nSPS) is 20.9. The van der Waals surface area contributed by atoms with Crippen LogP contribution in [-0.4, -0.2) is 38.5 Å². The topological polar surface area (TPSA) is 69.2 Å². The van der Waals surface area contributed by atoms with Gasteiger partial charge in [0.2, 0.25) is 5.91 Å². The van der Waals surface area contributed by atoms with Gasteiger partial charge in [-0.15, -0.1) is 0 Å². The molecule has 1 saturated heterocycles. The number of β-amino-alcohol motifs (C(OH)–C–C–N with tert-alkyl or cyclic N) is 1. The molecular weight excluding hydrogens is 335 g/mol. The lowest BCUT2D eigenvalue weighted by Gasteiger charge is -2.25. The van der Waals surface area contributed by atoms with Crippen LogP contribution in [0.15, 0.2) is 36.8 Å². The van der Waals surface area contributed by atoms with E-state index in [4.69, 9.17) is 0 Å². The van der Waals surface area contributed by atoms with Gasteiger partial charge in [-0.05, 0) is 30.5 Å². The minimum Gasteiger partial charge on any atom is -0.391 e. The summed E-state index contributed by atoms with van der Waals surface area (Å²) in [5.74, 6) is -0.200. The molecule has 1 aliphatic heterocycles. The molecule has 1 aliphatic rings. The standard InChI is InChI=1S/C17H18F3N3O2/c18-17(19,20)12-3-1-2-11(6-12)15-7-14(24)9-23(15)16(25)5-4-13-8-21-10-22-13/h1-3,6,8,10,14-15,24H,4-5,7,9H2,(H,21,22). The van der Waals surface area contributed by atoms with Crippen molar-refractivity contribution in [2.45, 2.75) is 37.6 Å². The predicted octanol–water partition coefficient (Wildman–Crippen LogP) is 2.70. The fourth-order valence-electron chi connectivity index (χ4n) is 3.13. The number of aliphatic hydroxyl groups excluding tert-OH is 1. The van der Waals surface area contributed by atoms with Gasteiger partial charge in [0.25, 0.3) is 0 Å². The Morgan fingerprint density at radius 2 is 2.20 bits per heavy atom. The first-order valence-electron chi connectivity index (χ1n) is 7.96. The number of aryl methyl sites for hydroxylation is 1. The van der Waals surface area contributed by atoms with Crippen molar-refractivity contribution in [3.05, 3.63) is 53.6 Å². The lowest BCUT2D eigenvalue weighted by molar-refractivity contribution is -0.137. The summed E-state index contributed by atoms with van der Waals surface area (Å²) in [6.45, 7) is 0.128. The number of amides is 1. The van der Waals surface area contributed by atoms with Crippen LogP contribution >= 0.6 is 0 Å². The molecule has 2 heterocycles. The first-order chi connectivity index (χ1) is 11.8. The van der Waals surface area contributed by atoms with Gasteiger partial charge in [0.15, 0.2) is 0 Å². The molecule has 0 spiro atoms. The van der Waals surface area contributed by atoms with Crippen LogP contribution in [0.3, 0.4) is 0 Å². The second-order valence-electron chi connectivity index (χ2n) is 6.15. The van der Waals surface area contributed by atoms with Crippen LogP contribution in [0, 0.1) is 0 Å². The number of H-pyrrole nitrogens is 1. The van der Waals surface area contributed by atoms with E-state index in [9.17, 15) is 23.1 Å². The van der Waals surface area contributed by atoms with E-state index >= 15 is 0 Å². The maximum Gasteiger partial charge on any atom is 0.416 e. The summed E-state index contributed by atoms with van der Waals surface area (Å²) >= 11 is 0. The van der Waals surface area contributed by atoms with Crippen molar-refractivity contribution in [1.29, 1.82) is 0 Å². The maximum absolute atomic E-state index is 12.9. The monoisotopic (exact) mass is 353 g/mol. The molecular formula is C17H18F3N3O2. The number of carbonyl (C=O) groups is 1. The summed E-state index contributed by atoms with van der Waals surface area (Å²) in [4.78, 5) is 20.8. The van der Waals surface area contributed by atoms with Crippen molar-refractivity contribution < 1.29 is 23.1 Å². The molecule has 8 heteroatoms. The van der Waals surface area contributed by atoms with Gasteiger partial charge < -0.3 is 15.0 Å². The molecule has 3 rings (SSSR count). The number of aliphatic hydroxyl groups is 1. The van der Waals surface area contributed by atoms with Gasteiger partial charge in [-0.2, -0.15) is 13.2 Å². The molecule has 0 radical (unpaired) electrons. The van der Waals surface area contributed by atoms with Crippen LogP contribution in [-0.2, 0) is 17.4 Å². The lowest BCUT2D eigenvalue weighted by atomic mass is 10.0. The van der Waals surface area contributed by atoms with Gasteiger partial charge in [-0.3, -0.25) is 4.79 Å². The van der Waals surface area contributed by atoms with Crippen molar-refractivity contribution in [2.24, 2.45) is 0 Å². The Hall–Kier alpha value is -2.35. The van der Waals surface area contributed by atoms with Crippen molar-refractivity contribution in [3.63, 3.8) is 0 Å². The average Bonchev–Trinajstić information content (AvgIpc) is 3.21. The minimum atomic E-state index is -4.44. The number of carbonyl (C=O) groups excluding carboxylic acids is 1. The van der Waals surface area contributed by atoms with Crippen LogP contribution < -0.4 is 0 Å². The minimum absolute atomic E-state index is 0.128. The third-order valence-corrected chi connectivity index (χ3v) is 4.36. The highest BCUT2D eigenvalue weighted by Crippen LogP contribution is 2.36. The Labute approximate surface area is 142 Å². The number of likely N-dealkylation sites (tertiary alicyclic amines) is 1. The molecule has 2 atom stereocenters. The Morgan fingerprint density at radius 3 is 2.88 bits per heavy atom. The summed E-state index contributed by atoms with van der Waals surface area (Å²) in [7, 11) is 0. The first-order valence-corrected chi connectivity index (χ1v) is 7.96. The smallest absolute Gasteiger partial charge is 0.391 e. The molecule has 25 heavy (non-hydrogen) atoms. The predicted molar refractivity (Wildman–Crippen MR) is 83.4 cm³/mol. The van der Waals surface area contributed by atoms with Crippen LogP contribution in [0.1, 0.15) is 35.7 Å². The third-order valence-electron chi connectivity index (χ3n) is 4.36. The maximum atomic E-state index is 12.9. The van der Waals surface area contributed by atoms with E-state index in [-0.39, 0.29) is 25.3 Å². The number of hydrogen-bond acceptors (Lipinski definition) is 3. The van der Waals surface area contributed by atoms with Crippen molar-refractivity contribution in [3.8, 4) is 0 Å². The second-order valence-corrected chi connectivity index (χ2v) is 6.15. The first kappa shape index (κ1) is 17.5. The fraction of sp³-hybridized carbons (Fsp3) is 0.412. The summed E-state index contributed by atoms with van der Waals surface area (Å²) in [6, 6.07) is 4.40. The SMILES string of the molecule is O=C(CCc1cnc[nH]1)N1CC(O)CC1c1cccc(C(F)(F)F)c1. The Kier molecular flexibility index (Phi) is 4.80. The van der Waals surface area contributed by atoms with Crippen LogP contribution in [0.4, 0.5) is 13.2 Å². The summed E-state index contributed by atoms with van der Waals surface area (Å²) in [5.41, 5.74) is 0.446. The second kappa shape index (κ2) is 6.87. The van der Waals surface area contributed by atoms with Crippen molar-refractivity contribution in [2.75, 3.05) is 6.54 Å². The highest BCUT2D eigenvalue weighted by Gasteiger charge is 2.37. The molecule has 1 amide bonds. The Morgan fingerprint density at radius 1 is 1.40 bits per heavy atom. The zero-order valence-electron chi connectivity index (χ0n) is 13.3. The molecule has 2 unspecified atom stereocenters. The van der Waals surface area contributed by atoms with Crippen molar-refractivity contribution in [1.82, 2.24) is 14.9 Å². The number of benzene rings is 1. The molecule has 1 fully saturated rings. The van der Waals surface area contributed by atoms with Gasteiger partial charge in [-0.25, -0.2) is 4.98 Å². The molecule has 1 aromatic heterocycles. The summed E-state index contributed by atoms with van der Waals surface area (Å²) in [6.07, 6.45) is -1.15. The van der Waals surface area contributed by atoms with E-state index in [1.807, 2.05) is 0 Å². The fourth-order valence-corrected chi connectivity index (χ4v) is 3.13. The number of hydrogen-bond donors (Lipinski definition) is 2. The van der Waals surface area contributed by atoms with E-state index in [0.29, 0.717) is 12.0 Å². The van der Waals surface area contributed by atoms with E-state index < -0.39 is 23.9 Å². The number of aromatic amines is 1. The van der Waals surface area contributed by atoms with E-state index in [0.717, 1.165) is 17.8 Å². The number of rotatable bonds is 4. The quantitative estimate of drug-likeness (QED) is 0.888. The van der Waals surface area contributed by atoms with Gasteiger partial charge in [0.1, 0.15) is 0 Å². The highest BCUT2D eigenvalue weighted by molar-refractivity contribution is 5.77. The zero-order valence-corrected chi connectivity index (χ0v) is 13.3. The van der Waals surface area contributed by atoms with Gasteiger partial charge in [-0.1, -0.05) is 12.1 Å². The van der Waals surface area contributed by atoms with E-state index in [1.54, 1.807) is 12.3 Å². The number of nitrogens with one attached hydrogen (secondary N) is 1. The lowest BCUT2D eigenvalue weighted by Crippen LogP contribution is -2.32. The molecule has 2 N–H and O–H groups in total. The zero-order chi connectivity index (χ0) is 18.0. The van der Waals surface area contributed by atoms with Gasteiger partial charge >= 0.3 is 6.18 Å². The van der Waals surface area contributed by atoms with Gasteiger partial charge in [0.05, 0.1) is 24.0 Å². The molecule has 5 nitrogen and oxygen atoms in total. The Balaban J connectivity index is 1.76. The van der Waals surface area contributed by atoms with E-state index in [1.165, 1.54) is 17.3 Å². The van der Waals surface area contributed by atoms with E-state index in [2.05, 4.69) is 9.97 Å². The Bertz CT molecular complexity index is 731. The molecule has 2 aromatic rings. The molecule has 0 saturated carbocycles. The molecule has 1 aromatic carbocycles. The third kappa shape index (κ3) is 4.01. The number of alkyl halides is 3. The average molecular weight is 353 g/mol. The largest absolute Gasteiger partial charge is 0.416 e. The molecule has 134 valence electrons. The van der Waals surface area contributed by atoms with Gasteiger partial charge in [0, 0.05) is 24.9 Å². The summed E-state index contributed by atoms with van der Waals surface area (Å²) < 4.78 is 38.8. The summed E-state index contributed by atoms with van der Waals surface area (Å²) in [5, 5.41) is 9.93. The number of imidazole rings is 1. The number of aromatic nitrogens is 2. The molecule has 0 aliphatic carbocycles. The molecule has 0 bridgehead atoms. The van der Waals surface area contributed by atoms with Crippen LogP contribution in [0.5, 0.6) is 0 Å². The highest BCUT2D eigenvalue weighted by atomic mass is 19.4.